The van der Waals surface area contributed by atoms with Crippen LogP contribution in [0.25, 0.3) is 6.08 Å². The summed E-state index contributed by atoms with van der Waals surface area (Å²) in [6, 6.07) is 5.35. The number of ether oxygens (including phenoxy) is 3. The van der Waals surface area contributed by atoms with Crippen molar-refractivity contribution in [3.8, 4) is 34.8 Å². The number of rotatable bonds is 7. The van der Waals surface area contributed by atoms with Gasteiger partial charge in [0.05, 0.1) is 30.8 Å². The molecule has 6 atom stereocenters. The number of carbonyl (C=O) groups excluding carboxylic acids is 2. The van der Waals surface area contributed by atoms with Crippen LogP contribution in [0.2, 0.25) is 0 Å². The molecule has 4 N–H and O–H groups in total. The minimum absolute atomic E-state index is 0.0124. The first-order chi connectivity index (χ1) is 25.7. The van der Waals surface area contributed by atoms with Crippen LogP contribution in [0.3, 0.4) is 0 Å². The van der Waals surface area contributed by atoms with Gasteiger partial charge < -0.3 is 35.1 Å². The van der Waals surface area contributed by atoms with E-state index in [1.54, 1.807) is 6.92 Å². The minimum atomic E-state index is -4.54. The molecule has 0 aromatic heterocycles. The van der Waals surface area contributed by atoms with Crippen molar-refractivity contribution in [3.05, 3.63) is 80.9 Å². The van der Waals surface area contributed by atoms with E-state index in [1.807, 2.05) is 24.9 Å². The molecule has 54 heavy (non-hydrogen) atoms. The van der Waals surface area contributed by atoms with Crippen LogP contribution in [-0.4, -0.2) is 83.5 Å². The number of aryl methyl sites for hydroxylation is 1. The highest BCUT2D eigenvalue weighted by molar-refractivity contribution is 5.95. The van der Waals surface area contributed by atoms with Crippen LogP contribution in [0.5, 0.6) is 28.7 Å². The highest BCUT2D eigenvalue weighted by Gasteiger charge is 2.56. The molecule has 12 nitrogen and oxygen atoms in total. The van der Waals surface area contributed by atoms with Gasteiger partial charge in [-0.15, -0.1) is 0 Å². The summed E-state index contributed by atoms with van der Waals surface area (Å²) in [5.74, 6) is -0.0684. The van der Waals surface area contributed by atoms with E-state index in [4.69, 9.17) is 14.2 Å². The molecule has 3 aromatic rings. The Morgan fingerprint density at radius 1 is 1.11 bits per heavy atom. The Morgan fingerprint density at radius 2 is 1.85 bits per heavy atom. The number of nitriles is 1. The van der Waals surface area contributed by atoms with Crippen LogP contribution in [0.15, 0.2) is 36.4 Å². The number of piperazine rings is 1. The molecule has 15 heteroatoms. The van der Waals surface area contributed by atoms with Gasteiger partial charge in [-0.25, -0.2) is 0 Å². The molecule has 4 aliphatic rings. The molecule has 0 radical (unpaired) electrons. The fourth-order valence-corrected chi connectivity index (χ4v) is 8.71. The second-order valence-corrected chi connectivity index (χ2v) is 14.2. The number of phenols is 2. The molecule has 4 aliphatic heterocycles. The molecule has 2 bridgehead atoms. The molecule has 2 amide bonds. The summed E-state index contributed by atoms with van der Waals surface area (Å²) in [6.07, 6.45) is -1.52. The summed E-state index contributed by atoms with van der Waals surface area (Å²) in [7, 11) is 3.42. The molecule has 1 saturated heterocycles. The van der Waals surface area contributed by atoms with Crippen molar-refractivity contribution in [2.24, 2.45) is 0 Å². The molecule has 284 valence electrons. The minimum Gasteiger partial charge on any atom is -0.507 e. The van der Waals surface area contributed by atoms with E-state index < -0.39 is 53.8 Å². The van der Waals surface area contributed by atoms with Crippen LogP contribution in [0.4, 0.5) is 13.2 Å². The van der Waals surface area contributed by atoms with E-state index in [1.165, 1.54) is 32.2 Å². The third kappa shape index (κ3) is 6.03. The van der Waals surface area contributed by atoms with Gasteiger partial charge in [-0.05, 0) is 75.6 Å². The van der Waals surface area contributed by atoms with E-state index in [0.29, 0.717) is 45.9 Å². The zero-order valence-corrected chi connectivity index (χ0v) is 30.2. The predicted molar refractivity (Wildman–Crippen MR) is 189 cm³/mol. The SMILES string of the molecule is COc1c(C)cc2c(c1O)[C@@H]1C3Cc4c(O)c(C)c5c(c4[C@H](CNC(=O)[C@@H](C)NC(=O)/C=C/c4cccc(C(F)(F)F)c4)N3[C@@H](C#N)[C@H](C2)N1C)OCO5. The number of nitrogens with zero attached hydrogens (tertiary/aromatic N) is 3. The lowest BCUT2D eigenvalue weighted by Gasteiger charge is -2.60. The number of halogens is 3. The van der Waals surface area contributed by atoms with Crippen LogP contribution in [-0.2, 0) is 28.6 Å². The van der Waals surface area contributed by atoms with Gasteiger partial charge in [0, 0.05) is 47.0 Å². The summed E-state index contributed by atoms with van der Waals surface area (Å²) < 4.78 is 56.8. The summed E-state index contributed by atoms with van der Waals surface area (Å²) in [5.41, 5.74) is 3.32. The van der Waals surface area contributed by atoms with Crippen LogP contribution < -0.4 is 24.8 Å². The maximum absolute atomic E-state index is 13.6. The highest BCUT2D eigenvalue weighted by atomic mass is 19.4. The number of likely N-dealkylation sites (N-methyl/N-ethyl adjacent to an activating group) is 1. The summed E-state index contributed by atoms with van der Waals surface area (Å²) in [6.45, 7) is 4.92. The van der Waals surface area contributed by atoms with Crippen LogP contribution in [0, 0.1) is 25.2 Å². The molecule has 0 aliphatic carbocycles. The average molecular weight is 748 g/mol. The molecule has 0 saturated carbocycles. The molecular formula is C39H40F3N5O7. The number of aromatic hydroxyl groups is 2. The van der Waals surface area contributed by atoms with E-state index in [-0.39, 0.29) is 42.9 Å². The van der Waals surface area contributed by atoms with Crippen molar-refractivity contribution in [2.75, 3.05) is 27.5 Å². The lowest BCUT2D eigenvalue weighted by Crippen LogP contribution is -2.68. The van der Waals surface area contributed by atoms with Gasteiger partial charge in [0.1, 0.15) is 17.8 Å². The molecule has 7 rings (SSSR count). The van der Waals surface area contributed by atoms with Crippen LogP contribution >= 0.6 is 0 Å². The summed E-state index contributed by atoms with van der Waals surface area (Å²) in [5, 5.41) is 39.6. The Kier molecular flexibility index (Phi) is 9.39. The number of amides is 2. The van der Waals surface area contributed by atoms with Gasteiger partial charge in [-0.1, -0.05) is 18.2 Å². The third-order valence-corrected chi connectivity index (χ3v) is 11.2. The van der Waals surface area contributed by atoms with Crippen molar-refractivity contribution in [1.29, 1.82) is 5.26 Å². The van der Waals surface area contributed by atoms with Crippen molar-refractivity contribution in [2.45, 2.75) is 76.0 Å². The first-order valence-corrected chi connectivity index (χ1v) is 17.5. The largest absolute Gasteiger partial charge is 0.507 e. The molecule has 4 heterocycles. The van der Waals surface area contributed by atoms with Crippen molar-refractivity contribution in [1.82, 2.24) is 20.4 Å². The third-order valence-electron chi connectivity index (χ3n) is 11.2. The number of benzene rings is 3. The molecule has 3 aromatic carbocycles. The normalized spacial score (nSPS) is 23.5. The van der Waals surface area contributed by atoms with Crippen molar-refractivity contribution >= 4 is 17.9 Å². The number of carbonyl (C=O) groups is 2. The maximum Gasteiger partial charge on any atom is 0.416 e. The molecular weight excluding hydrogens is 707 g/mol. The second-order valence-electron chi connectivity index (χ2n) is 14.2. The summed E-state index contributed by atoms with van der Waals surface area (Å²) >= 11 is 0. The number of phenolic OH excluding ortho intramolecular Hbond substituents is 2. The number of fused-ring (bicyclic) bond motifs is 9. The number of alkyl halides is 3. The molecule has 0 spiro atoms. The molecule has 1 unspecified atom stereocenters. The second kappa shape index (κ2) is 13.7. The van der Waals surface area contributed by atoms with Gasteiger partial charge in [-0.2, -0.15) is 18.4 Å². The van der Waals surface area contributed by atoms with Crippen molar-refractivity contribution < 1.29 is 47.2 Å². The number of hydrogen-bond donors (Lipinski definition) is 4. The quantitative estimate of drug-likeness (QED) is 0.253. The highest BCUT2D eigenvalue weighted by Crippen LogP contribution is 2.58. The number of hydrogen-bond acceptors (Lipinski definition) is 10. The smallest absolute Gasteiger partial charge is 0.416 e. The standard InChI is InChI=1S/C39H40F3N5O7/c1-18-11-22-13-25-27(15-43)47-26(32(46(25)4)30(22)34(50)35(18)52-5)14-24-31(37-36(53-17-54-37)19(2)33(24)49)28(47)16-44-38(51)20(3)45-29(48)10-9-21-7-6-8-23(12-21)39(40,41)42/h6-12,20,25-28,32,49-50H,13-14,16-17H2,1-5H3,(H,44,51)(H,45,48)/b10-9+/t20-,25+,26?,27+,28+,32+/m1/s1. The Labute approximate surface area is 309 Å². The lowest BCUT2D eigenvalue weighted by atomic mass is 9.71. The Morgan fingerprint density at radius 3 is 2.56 bits per heavy atom. The Balaban J connectivity index is 1.21. The van der Waals surface area contributed by atoms with Crippen LogP contribution in [0.1, 0.15) is 63.5 Å². The van der Waals surface area contributed by atoms with Gasteiger partial charge in [0.15, 0.2) is 23.0 Å². The first-order valence-electron chi connectivity index (χ1n) is 17.5. The van der Waals surface area contributed by atoms with Gasteiger partial charge in [0.2, 0.25) is 18.6 Å². The predicted octanol–water partition coefficient (Wildman–Crippen LogP) is 4.58. The Hall–Kier alpha value is -5.46. The van der Waals surface area contributed by atoms with E-state index in [2.05, 4.69) is 21.6 Å². The van der Waals surface area contributed by atoms with Crippen molar-refractivity contribution in [3.63, 3.8) is 0 Å². The maximum atomic E-state index is 13.6. The summed E-state index contributed by atoms with van der Waals surface area (Å²) in [4.78, 5) is 30.5. The van der Waals surface area contributed by atoms with Gasteiger partial charge in [0.25, 0.3) is 0 Å². The average Bonchev–Trinajstić information content (AvgIpc) is 3.62. The first kappa shape index (κ1) is 36.9. The topological polar surface area (TPSA) is 157 Å². The lowest BCUT2D eigenvalue weighted by molar-refractivity contribution is -0.137. The number of nitrogens with one attached hydrogen (secondary N) is 2. The van der Waals surface area contributed by atoms with Gasteiger partial charge in [-0.3, -0.25) is 19.4 Å². The monoisotopic (exact) mass is 747 g/mol. The van der Waals surface area contributed by atoms with E-state index in [9.17, 15) is 38.2 Å². The zero-order valence-electron chi connectivity index (χ0n) is 30.2. The Bertz CT molecular complexity index is 2120. The van der Waals surface area contributed by atoms with E-state index >= 15 is 0 Å². The zero-order chi connectivity index (χ0) is 38.8. The van der Waals surface area contributed by atoms with Gasteiger partial charge >= 0.3 is 6.18 Å². The molecule has 1 fully saturated rings. The van der Waals surface area contributed by atoms with E-state index in [0.717, 1.165) is 29.3 Å². The fraction of sp³-hybridized carbons (Fsp3) is 0.410. The fourth-order valence-electron chi connectivity index (χ4n) is 8.71. The number of methoxy groups -OCH3 is 1.